The van der Waals surface area contributed by atoms with Crippen LogP contribution in [-0.4, -0.2) is 32.1 Å². The summed E-state index contributed by atoms with van der Waals surface area (Å²) >= 11 is 0. The normalized spacial score (nSPS) is 20.3. The van der Waals surface area contributed by atoms with Crippen molar-refractivity contribution >= 4 is 22.5 Å². The highest BCUT2D eigenvalue weighted by Crippen LogP contribution is 2.35. The Morgan fingerprint density at radius 3 is 2.55 bits per heavy atom. The van der Waals surface area contributed by atoms with Gasteiger partial charge in [-0.15, -0.1) is 0 Å². The molecule has 1 saturated carbocycles. The van der Waals surface area contributed by atoms with E-state index < -0.39 is 17.7 Å². The van der Waals surface area contributed by atoms with E-state index in [1.54, 1.807) is 31.6 Å². The Hall–Kier alpha value is -2.93. The Balaban J connectivity index is 1.61. The Morgan fingerprint density at radius 1 is 1.21 bits per heavy atom. The van der Waals surface area contributed by atoms with Crippen LogP contribution in [0.3, 0.4) is 0 Å². The van der Waals surface area contributed by atoms with Gasteiger partial charge < -0.3 is 10.4 Å². The van der Waals surface area contributed by atoms with E-state index in [9.17, 15) is 14.3 Å². The average molecular weight is 394 g/mol. The summed E-state index contributed by atoms with van der Waals surface area (Å²) < 4.78 is 13.0. The van der Waals surface area contributed by atoms with Crippen LogP contribution in [0.25, 0.3) is 22.0 Å². The van der Waals surface area contributed by atoms with E-state index in [4.69, 9.17) is 0 Å². The summed E-state index contributed by atoms with van der Waals surface area (Å²) in [5.41, 5.74) is 2.27. The fourth-order valence-electron chi connectivity index (χ4n) is 3.21. The monoisotopic (exact) mass is 394 g/mol. The van der Waals surface area contributed by atoms with Gasteiger partial charge >= 0.3 is 0 Å². The number of hydrogen-bond donors (Lipinski definition) is 2. The first-order valence-corrected chi connectivity index (χ1v) is 9.69. The molecule has 1 amide bonds. The van der Waals surface area contributed by atoms with Gasteiger partial charge in [-0.25, -0.2) is 9.37 Å². The second kappa shape index (κ2) is 7.15. The number of halogens is 1. The minimum Gasteiger partial charge on any atom is -0.384 e. The molecule has 150 valence electrons. The van der Waals surface area contributed by atoms with Gasteiger partial charge in [-0.3, -0.25) is 14.8 Å². The number of nitrogens with zero attached hydrogens (tertiary/aromatic N) is 3. The quantitative estimate of drug-likeness (QED) is 0.685. The molecule has 0 spiro atoms. The number of aromatic nitrogens is 3. The highest BCUT2D eigenvalue weighted by molar-refractivity contribution is 5.96. The number of carbonyl (C=O) groups is 1. The lowest BCUT2D eigenvalue weighted by Gasteiger charge is -2.21. The largest absolute Gasteiger partial charge is 0.384 e. The van der Waals surface area contributed by atoms with Crippen molar-refractivity contribution in [2.24, 2.45) is 5.92 Å². The Morgan fingerprint density at radius 2 is 1.90 bits per heavy atom. The maximum Gasteiger partial charge on any atom is 0.231 e. The van der Waals surface area contributed by atoms with Crippen LogP contribution in [0.5, 0.6) is 0 Å². The summed E-state index contributed by atoms with van der Waals surface area (Å²) in [6.45, 7) is 5.63. The number of anilines is 1. The van der Waals surface area contributed by atoms with Gasteiger partial charge in [0.2, 0.25) is 5.91 Å². The van der Waals surface area contributed by atoms with Gasteiger partial charge in [0.15, 0.2) is 0 Å². The predicted molar refractivity (Wildman–Crippen MR) is 109 cm³/mol. The van der Waals surface area contributed by atoms with Gasteiger partial charge in [-0.05, 0) is 50.5 Å². The van der Waals surface area contributed by atoms with E-state index in [1.165, 1.54) is 0 Å². The van der Waals surface area contributed by atoms with Crippen molar-refractivity contribution < 1.29 is 14.3 Å². The lowest BCUT2D eigenvalue weighted by Crippen LogP contribution is -2.21. The maximum atomic E-state index is 13.0. The molecule has 1 aliphatic rings. The number of carbonyl (C=O) groups excluding carboxylic acids is 1. The van der Waals surface area contributed by atoms with Crippen LogP contribution in [0.1, 0.15) is 37.9 Å². The van der Waals surface area contributed by atoms with E-state index in [0.29, 0.717) is 17.9 Å². The number of alkyl halides is 1. The van der Waals surface area contributed by atoms with Crippen LogP contribution in [0, 0.1) is 12.8 Å². The molecule has 0 saturated heterocycles. The highest BCUT2D eigenvalue weighted by Gasteiger charge is 2.43. The molecule has 0 aromatic carbocycles. The number of aliphatic hydroxyl groups is 1. The lowest BCUT2D eigenvalue weighted by molar-refractivity contribution is -0.117. The number of aryl methyl sites for hydroxylation is 1. The topological polar surface area (TPSA) is 88.0 Å². The summed E-state index contributed by atoms with van der Waals surface area (Å²) in [6, 6.07) is 5.53. The van der Waals surface area contributed by atoms with E-state index in [0.717, 1.165) is 27.6 Å². The third-order valence-electron chi connectivity index (χ3n) is 5.53. The molecule has 4 rings (SSSR count). The first kappa shape index (κ1) is 19.4. The SMILES string of the molecule is CCC(C)(O)c1cc(C)c(-c2cc3cnc(NC(=O)[C@@H]4C[C@@H]4F)cc3cn2)cn1. The average Bonchev–Trinajstić information content (AvgIpc) is 3.44. The molecule has 1 unspecified atom stereocenters. The van der Waals surface area contributed by atoms with Crippen LogP contribution in [0.2, 0.25) is 0 Å². The minimum atomic E-state index is -1.04. The summed E-state index contributed by atoms with van der Waals surface area (Å²) in [5.74, 6) is -0.501. The second-order valence-corrected chi connectivity index (χ2v) is 7.85. The third-order valence-corrected chi connectivity index (χ3v) is 5.53. The van der Waals surface area contributed by atoms with E-state index in [1.807, 2.05) is 26.0 Å². The molecule has 6 nitrogen and oxygen atoms in total. The Labute approximate surface area is 168 Å². The zero-order valence-corrected chi connectivity index (χ0v) is 16.6. The molecule has 3 aromatic rings. The molecule has 0 aliphatic heterocycles. The second-order valence-electron chi connectivity index (χ2n) is 7.85. The van der Waals surface area contributed by atoms with Crippen molar-refractivity contribution in [2.75, 3.05) is 5.32 Å². The third kappa shape index (κ3) is 3.82. The minimum absolute atomic E-state index is 0.282. The zero-order valence-electron chi connectivity index (χ0n) is 16.6. The molecule has 3 atom stereocenters. The Kier molecular flexibility index (Phi) is 4.78. The first-order valence-electron chi connectivity index (χ1n) is 9.69. The van der Waals surface area contributed by atoms with Gasteiger partial charge in [-0.2, -0.15) is 0 Å². The van der Waals surface area contributed by atoms with Crippen LogP contribution in [-0.2, 0) is 10.4 Å². The van der Waals surface area contributed by atoms with E-state index in [-0.39, 0.29) is 12.3 Å². The predicted octanol–water partition coefficient (Wildman–Crippen LogP) is 3.91. The number of rotatable bonds is 5. The van der Waals surface area contributed by atoms with Gasteiger partial charge in [0.1, 0.15) is 17.6 Å². The van der Waals surface area contributed by atoms with Gasteiger partial charge in [0.25, 0.3) is 0 Å². The molecule has 2 N–H and O–H groups in total. The van der Waals surface area contributed by atoms with Crippen molar-refractivity contribution in [1.82, 2.24) is 15.0 Å². The molecule has 1 aliphatic carbocycles. The van der Waals surface area contributed by atoms with Crippen LogP contribution in [0.4, 0.5) is 10.2 Å². The number of pyridine rings is 3. The zero-order chi connectivity index (χ0) is 20.8. The molecule has 0 bridgehead atoms. The first-order chi connectivity index (χ1) is 13.8. The van der Waals surface area contributed by atoms with E-state index >= 15 is 0 Å². The Bertz CT molecular complexity index is 1100. The molecule has 1 fully saturated rings. The standard InChI is InChI=1S/C22H23FN4O2/c1-4-22(3,29)19-5-12(2)16(11-25-19)18-6-13-10-26-20(7-14(13)9-24-18)27-21(28)15-8-17(15)23/h5-7,9-11,15,17,29H,4,8H2,1-3H3,(H,26,27,28)/t15-,17+,22?/m1/s1. The summed E-state index contributed by atoms with van der Waals surface area (Å²) in [7, 11) is 0. The number of nitrogens with one attached hydrogen (secondary N) is 1. The van der Waals surface area contributed by atoms with Crippen molar-refractivity contribution in [1.29, 1.82) is 0 Å². The molecular formula is C22H23FN4O2. The van der Waals surface area contributed by atoms with Crippen LogP contribution in [0.15, 0.2) is 36.8 Å². The highest BCUT2D eigenvalue weighted by atomic mass is 19.1. The van der Waals surface area contributed by atoms with E-state index in [2.05, 4.69) is 20.3 Å². The van der Waals surface area contributed by atoms with Crippen LogP contribution < -0.4 is 5.32 Å². The van der Waals surface area contributed by atoms with Crippen LogP contribution >= 0.6 is 0 Å². The van der Waals surface area contributed by atoms with Crippen molar-refractivity contribution in [2.45, 2.75) is 45.4 Å². The van der Waals surface area contributed by atoms with Crippen molar-refractivity contribution in [3.8, 4) is 11.3 Å². The maximum absolute atomic E-state index is 13.0. The number of hydrogen-bond acceptors (Lipinski definition) is 5. The molecular weight excluding hydrogens is 371 g/mol. The molecule has 3 heterocycles. The lowest BCUT2D eigenvalue weighted by atomic mass is 9.95. The molecule has 3 aromatic heterocycles. The fraction of sp³-hybridized carbons (Fsp3) is 0.364. The summed E-state index contributed by atoms with van der Waals surface area (Å²) in [6.07, 6.45) is 4.92. The summed E-state index contributed by atoms with van der Waals surface area (Å²) in [4.78, 5) is 25.1. The number of amides is 1. The molecule has 29 heavy (non-hydrogen) atoms. The smallest absolute Gasteiger partial charge is 0.231 e. The number of fused-ring (bicyclic) bond motifs is 1. The van der Waals surface area contributed by atoms with Crippen molar-refractivity contribution in [3.05, 3.63) is 48.0 Å². The van der Waals surface area contributed by atoms with Gasteiger partial charge in [0.05, 0.1) is 17.3 Å². The molecule has 7 heteroatoms. The van der Waals surface area contributed by atoms with Gasteiger partial charge in [-0.1, -0.05) is 6.92 Å². The summed E-state index contributed by atoms with van der Waals surface area (Å²) in [5, 5.41) is 14.8. The fourth-order valence-corrected chi connectivity index (χ4v) is 3.21. The van der Waals surface area contributed by atoms with Gasteiger partial charge in [0, 0.05) is 34.9 Å². The molecule has 0 radical (unpaired) electrons. The van der Waals surface area contributed by atoms with Crippen molar-refractivity contribution in [3.63, 3.8) is 0 Å².